The van der Waals surface area contributed by atoms with Crippen LogP contribution in [0.15, 0.2) is 182 Å². The molecule has 49 heavy (non-hydrogen) atoms. The van der Waals surface area contributed by atoms with Crippen molar-refractivity contribution in [2.45, 2.75) is 36.9 Å². The Morgan fingerprint density at radius 3 is 0.837 bits per heavy atom. The summed E-state index contributed by atoms with van der Waals surface area (Å²) in [6.45, 7) is 0.820. The first kappa shape index (κ1) is 32.5. The topological polar surface area (TPSA) is 35.5 Å². The van der Waals surface area contributed by atoms with Crippen molar-refractivity contribution in [2.24, 2.45) is 5.41 Å². The Bertz CT molecular complexity index is 1570. The first-order chi connectivity index (χ1) is 24.1. The predicted octanol–water partition coefficient (Wildman–Crippen LogP) is 10.1. The normalized spacial score (nSPS) is 14.7. The summed E-state index contributed by atoms with van der Waals surface area (Å²) in [5.41, 5.74) is 4.20. The van der Waals surface area contributed by atoms with Crippen LogP contribution in [0, 0.1) is 5.41 Å². The minimum Gasteiger partial charge on any atom is -0.360 e. The third-order valence-corrected chi connectivity index (χ3v) is 10.1. The lowest BCUT2D eigenvalue weighted by Crippen LogP contribution is -2.44. The number of rotatable bonds is 12. The van der Waals surface area contributed by atoms with Crippen LogP contribution in [0.25, 0.3) is 0 Å². The quantitative estimate of drug-likeness (QED) is 0.125. The Labute approximate surface area is 290 Å². The number of carbonyl (C=O) groups excluding carboxylic acids is 1. The van der Waals surface area contributed by atoms with Gasteiger partial charge in [-0.15, -0.1) is 0 Å². The van der Waals surface area contributed by atoms with Gasteiger partial charge < -0.3 is 9.47 Å². The van der Waals surface area contributed by atoms with E-state index in [1.165, 1.54) is 0 Å². The molecule has 0 aromatic heterocycles. The van der Waals surface area contributed by atoms with Crippen LogP contribution >= 0.6 is 0 Å². The molecule has 1 aliphatic rings. The number of hydrogen-bond donors (Lipinski definition) is 0. The van der Waals surface area contributed by atoms with Crippen molar-refractivity contribution in [3.8, 4) is 0 Å². The molecule has 0 radical (unpaired) electrons. The van der Waals surface area contributed by atoms with E-state index in [1.807, 2.05) is 36.4 Å². The average Bonchev–Trinajstić information content (AvgIpc) is 3.19. The van der Waals surface area contributed by atoms with Crippen molar-refractivity contribution in [3.63, 3.8) is 0 Å². The maximum atomic E-state index is 12.8. The molecule has 1 saturated carbocycles. The van der Waals surface area contributed by atoms with E-state index in [9.17, 15) is 4.79 Å². The van der Waals surface area contributed by atoms with Crippen LogP contribution in [0.1, 0.15) is 59.1 Å². The van der Waals surface area contributed by atoms with Gasteiger partial charge in [0, 0.05) is 18.3 Å². The Morgan fingerprint density at radius 1 is 0.388 bits per heavy atom. The van der Waals surface area contributed by atoms with E-state index in [-0.39, 0.29) is 0 Å². The molecular weight excluding hydrogens is 601 g/mol. The van der Waals surface area contributed by atoms with E-state index in [1.54, 1.807) is 0 Å². The zero-order valence-electron chi connectivity index (χ0n) is 27.8. The fraction of sp³-hybridized carbons (Fsp3) is 0.196. The molecule has 0 spiro atoms. The lowest BCUT2D eigenvalue weighted by atomic mass is 9.73. The summed E-state index contributed by atoms with van der Waals surface area (Å²) >= 11 is 0. The standard InChI is InChI=1S/C46H42O3/c47-43-31-33-44(34-32-43,35-48-45(37-19-7-1-8-20-37,38-21-9-2-10-22-38)39-23-11-3-12-24-39)36-49-46(40-25-13-4-14-26-40,41-27-15-5-16-28-41)42-29-17-6-18-30-42/h1-30H,31-36H2. The summed E-state index contributed by atoms with van der Waals surface area (Å²) in [7, 11) is 0. The van der Waals surface area contributed by atoms with Crippen LogP contribution in [0.3, 0.4) is 0 Å². The van der Waals surface area contributed by atoms with Crippen molar-refractivity contribution in [1.29, 1.82) is 0 Å². The van der Waals surface area contributed by atoms with Gasteiger partial charge >= 0.3 is 0 Å². The highest BCUT2D eigenvalue weighted by Gasteiger charge is 2.45. The van der Waals surface area contributed by atoms with E-state index in [2.05, 4.69) is 146 Å². The largest absolute Gasteiger partial charge is 0.360 e. The second-order valence-electron chi connectivity index (χ2n) is 13.2. The number of hydrogen-bond acceptors (Lipinski definition) is 3. The SMILES string of the molecule is O=C1CCC(COC(c2ccccc2)(c2ccccc2)c2ccccc2)(COC(c2ccccc2)(c2ccccc2)c2ccccc2)CC1. The van der Waals surface area contributed by atoms with Crippen LogP contribution in [-0.2, 0) is 25.5 Å². The Morgan fingerprint density at radius 2 is 0.612 bits per heavy atom. The number of Topliss-reactive ketones (excluding diaryl/α,β-unsaturated/α-hetero) is 1. The Kier molecular flexibility index (Phi) is 9.65. The molecule has 0 heterocycles. The molecule has 6 aromatic carbocycles. The van der Waals surface area contributed by atoms with Gasteiger partial charge in [0.15, 0.2) is 0 Å². The first-order valence-electron chi connectivity index (χ1n) is 17.3. The van der Waals surface area contributed by atoms with Crippen molar-refractivity contribution >= 4 is 5.78 Å². The van der Waals surface area contributed by atoms with Gasteiger partial charge in [0.1, 0.15) is 17.0 Å². The molecule has 244 valence electrons. The molecule has 6 aromatic rings. The van der Waals surface area contributed by atoms with Gasteiger partial charge in [-0.3, -0.25) is 4.79 Å². The first-order valence-corrected chi connectivity index (χ1v) is 17.3. The minimum absolute atomic E-state index is 0.302. The molecule has 0 aliphatic heterocycles. The van der Waals surface area contributed by atoms with Crippen molar-refractivity contribution in [1.82, 2.24) is 0 Å². The molecule has 0 atom stereocenters. The van der Waals surface area contributed by atoms with Crippen molar-refractivity contribution in [3.05, 3.63) is 215 Å². The smallest absolute Gasteiger partial charge is 0.143 e. The van der Waals surface area contributed by atoms with Crippen LogP contribution in [0.4, 0.5) is 0 Å². The van der Waals surface area contributed by atoms with Gasteiger partial charge in [-0.25, -0.2) is 0 Å². The second-order valence-corrected chi connectivity index (χ2v) is 13.2. The molecule has 3 heteroatoms. The highest BCUT2D eigenvalue weighted by Crippen LogP contribution is 2.47. The van der Waals surface area contributed by atoms with Gasteiger partial charge in [-0.2, -0.15) is 0 Å². The molecular formula is C46H42O3. The van der Waals surface area contributed by atoms with Crippen molar-refractivity contribution < 1.29 is 14.3 Å². The summed E-state index contributed by atoms with van der Waals surface area (Å²) in [6, 6.07) is 63.0. The Hall–Kier alpha value is -5.09. The van der Waals surface area contributed by atoms with E-state index < -0.39 is 16.6 Å². The molecule has 1 fully saturated rings. The number of ether oxygens (including phenoxy) is 2. The fourth-order valence-corrected chi connectivity index (χ4v) is 7.45. The number of carbonyl (C=O) groups is 1. The van der Waals surface area contributed by atoms with E-state index in [0.29, 0.717) is 44.7 Å². The van der Waals surface area contributed by atoms with Crippen molar-refractivity contribution in [2.75, 3.05) is 13.2 Å². The molecule has 0 N–H and O–H groups in total. The van der Waals surface area contributed by atoms with Gasteiger partial charge in [0.05, 0.1) is 13.2 Å². The van der Waals surface area contributed by atoms with Crippen LogP contribution in [0.5, 0.6) is 0 Å². The molecule has 0 amide bonds. The lowest BCUT2D eigenvalue weighted by Gasteiger charge is -2.45. The lowest BCUT2D eigenvalue weighted by molar-refractivity contribution is -0.133. The zero-order chi connectivity index (χ0) is 33.4. The van der Waals surface area contributed by atoms with Gasteiger partial charge in [0.25, 0.3) is 0 Å². The summed E-state index contributed by atoms with van der Waals surface area (Å²) in [5.74, 6) is 0.302. The maximum absolute atomic E-state index is 12.8. The molecule has 0 bridgehead atoms. The fourth-order valence-electron chi connectivity index (χ4n) is 7.45. The molecule has 0 unspecified atom stereocenters. The summed E-state index contributed by atoms with van der Waals surface area (Å²) in [6.07, 6.45) is 2.40. The third kappa shape index (κ3) is 6.53. The average molecular weight is 643 g/mol. The number of benzene rings is 6. The highest BCUT2D eigenvalue weighted by atomic mass is 16.5. The summed E-state index contributed by atoms with van der Waals surface area (Å²) in [4.78, 5) is 12.8. The van der Waals surface area contributed by atoms with Gasteiger partial charge in [-0.1, -0.05) is 182 Å². The van der Waals surface area contributed by atoms with E-state index in [0.717, 1.165) is 33.4 Å². The molecule has 7 rings (SSSR count). The van der Waals surface area contributed by atoms with Gasteiger partial charge in [-0.05, 0) is 46.2 Å². The monoisotopic (exact) mass is 642 g/mol. The molecule has 3 nitrogen and oxygen atoms in total. The second kappa shape index (κ2) is 14.6. The highest BCUT2D eigenvalue weighted by molar-refractivity contribution is 5.79. The summed E-state index contributed by atoms with van der Waals surface area (Å²) < 4.78 is 14.9. The number of ketones is 1. The van der Waals surface area contributed by atoms with Crippen LogP contribution < -0.4 is 0 Å². The van der Waals surface area contributed by atoms with Gasteiger partial charge in [0.2, 0.25) is 0 Å². The Balaban J connectivity index is 1.33. The minimum atomic E-state index is -0.867. The third-order valence-electron chi connectivity index (χ3n) is 10.1. The molecule has 0 saturated heterocycles. The predicted molar refractivity (Wildman–Crippen MR) is 196 cm³/mol. The maximum Gasteiger partial charge on any atom is 0.143 e. The van der Waals surface area contributed by atoms with E-state index in [4.69, 9.17) is 9.47 Å². The molecule has 1 aliphatic carbocycles. The van der Waals surface area contributed by atoms with Crippen LogP contribution in [-0.4, -0.2) is 19.0 Å². The van der Waals surface area contributed by atoms with Crippen LogP contribution in [0.2, 0.25) is 0 Å². The zero-order valence-corrected chi connectivity index (χ0v) is 27.8. The van der Waals surface area contributed by atoms with E-state index >= 15 is 0 Å². The summed E-state index contributed by atoms with van der Waals surface area (Å²) in [5, 5.41) is 0.